The standard InChI is InChI=1S/C13H15N3O2/c1-17-12-4-3-9(7-13(12)18-2)11-8-10(16-14)5-6-15-11/h3-8H,14H2,1-2H3,(H,15,16). The molecule has 1 aromatic heterocycles. The average molecular weight is 245 g/mol. The lowest BCUT2D eigenvalue weighted by Crippen LogP contribution is -2.06. The van der Waals surface area contributed by atoms with Crippen LogP contribution in [0.15, 0.2) is 36.5 Å². The number of benzene rings is 1. The first-order valence-corrected chi connectivity index (χ1v) is 5.43. The Balaban J connectivity index is 2.43. The summed E-state index contributed by atoms with van der Waals surface area (Å²) in [5.41, 5.74) is 5.14. The number of hydrazine groups is 1. The molecule has 0 spiro atoms. The largest absolute Gasteiger partial charge is 0.493 e. The summed E-state index contributed by atoms with van der Waals surface area (Å²) in [6, 6.07) is 9.30. The number of nitrogens with one attached hydrogen (secondary N) is 1. The van der Waals surface area contributed by atoms with Crippen molar-refractivity contribution in [2.24, 2.45) is 5.84 Å². The van der Waals surface area contributed by atoms with Gasteiger partial charge in [-0.05, 0) is 30.3 Å². The minimum atomic E-state index is 0.669. The van der Waals surface area contributed by atoms with Crippen molar-refractivity contribution >= 4 is 5.69 Å². The van der Waals surface area contributed by atoms with Crippen molar-refractivity contribution in [3.05, 3.63) is 36.5 Å². The van der Waals surface area contributed by atoms with Gasteiger partial charge in [-0.2, -0.15) is 0 Å². The van der Waals surface area contributed by atoms with Gasteiger partial charge in [-0.3, -0.25) is 10.8 Å². The van der Waals surface area contributed by atoms with Crippen LogP contribution in [-0.4, -0.2) is 19.2 Å². The van der Waals surface area contributed by atoms with E-state index in [2.05, 4.69) is 10.4 Å². The monoisotopic (exact) mass is 245 g/mol. The number of methoxy groups -OCH3 is 2. The summed E-state index contributed by atoms with van der Waals surface area (Å²) < 4.78 is 10.5. The van der Waals surface area contributed by atoms with Crippen molar-refractivity contribution in [2.45, 2.75) is 0 Å². The first-order valence-electron chi connectivity index (χ1n) is 5.43. The summed E-state index contributed by atoms with van der Waals surface area (Å²) in [5.74, 6) is 6.73. The lowest BCUT2D eigenvalue weighted by atomic mass is 10.1. The van der Waals surface area contributed by atoms with Crippen molar-refractivity contribution in [1.82, 2.24) is 4.98 Å². The summed E-state index contributed by atoms with van der Waals surface area (Å²) in [7, 11) is 3.21. The molecule has 3 N–H and O–H groups in total. The van der Waals surface area contributed by atoms with Crippen molar-refractivity contribution in [2.75, 3.05) is 19.6 Å². The third-order valence-electron chi connectivity index (χ3n) is 2.61. The minimum absolute atomic E-state index is 0.669. The van der Waals surface area contributed by atoms with E-state index in [1.54, 1.807) is 26.5 Å². The number of nitrogens with two attached hydrogens (primary N) is 1. The van der Waals surface area contributed by atoms with E-state index < -0.39 is 0 Å². The second kappa shape index (κ2) is 5.37. The van der Waals surface area contributed by atoms with Crippen molar-refractivity contribution in [1.29, 1.82) is 0 Å². The molecule has 0 unspecified atom stereocenters. The third kappa shape index (κ3) is 2.36. The molecular formula is C13H15N3O2. The molecule has 0 saturated carbocycles. The second-order valence-electron chi connectivity index (χ2n) is 3.64. The Hall–Kier alpha value is -2.27. The molecule has 0 saturated heterocycles. The fraction of sp³-hybridized carbons (Fsp3) is 0.154. The summed E-state index contributed by atoms with van der Waals surface area (Å²) in [6.45, 7) is 0. The van der Waals surface area contributed by atoms with E-state index in [-0.39, 0.29) is 0 Å². The van der Waals surface area contributed by atoms with E-state index in [9.17, 15) is 0 Å². The van der Waals surface area contributed by atoms with Gasteiger partial charge in [-0.25, -0.2) is 0 Å². The van der Waals surface area contributed by atoms with E-state index in [0.29, 0.717) is 11.5 Å². The summed E-state index contributed by atoms with van der Waals surface area (Å²) in [5, 5.41) is 0. The Morgan fingerprint density at radius 1 is 1.06 bits per heavy atom. The molecular weight excluding hydrogens is 230 g/mol. The molecule has 0 bridgehead atoms. The first kappa shape index (κ1) is 12.2. The molecule has 0 amide bonds. The lowest BCUT2D eigenvalue weighted by molar-refractivity contribution is 0.355. The normalized spacial score (nSPS) is 9.94. The first-order chi connectivity index (χ1) is 8.78. The highest BCUT2D eigenvalue weighted by molar-refractivity contribution is 5.67. The van der Waals surface area contributed by atoms with Gasteiger partial charge in [0.05, 0.1) is 25.6 Å². The predicted molar refractivity (Wildman–Crippen MR) is 70.6 cm³/mol. The number of pyridine rings is 1. The maximum Gasteiger partial charge on any atom is 0.161 e. The molecule has 0 radical (unpaired) electrons. The number of ether oxygens (including phenoxy) is 2. The molecule has 0 aliphatic rings. The van der Waals surface area contributed by atoms with Crippen LogP contribution in [0.1, 0.15) is 0 Å². The van der Waals surface area contributed by atoms with E-state index in [4.69, 9.17) is 15.3 Å². The minimum Gasteiger partial charge on any atom is -0.493 e. The molecule has 1 aromatic carbocycles. The Morgan fingerprint density at radius 3 is 2.50 bits per heavy atom. The van der Waals surface area contributed by atoms with Crippen LogP contribution >= 0.6 is 0 Å². The molecule has 5 nitrogen and oxygen atoms in total. The average Bonchev–Trinajstić information content (AvgIpc) is 2.46. The van der Waals surface area contributed by atoms with Crippen LogP contribution in [0.2, 0.25) is 0 Å². The highest BCUT2D eigenvalue weighted by Gasteiger charge is 2.07. The molecule has 5 heteroatoms. The van der Waals surface area contributed by atoms with Crippen LogP contribution in [0.3, 0.4) is 0 Å². The molecule has 18 heavy (non-hydrogen) atoms. The Kier molecular flexibility index (Phi) is 3.64. The van der Waals surface area contributed by atoms with Crippen molar-refractivity contribution in [3.8, 4) is 22.8 Å². The molecule has 0 aliphatic carbocycles. The van der Waals surface area contributed by atoms with Crippen LogP contribution in [0, 0.1) is 0 Å². The molecule has 2 aromatic rings. The van der Waals surface area contributed by atoms with Gasteiger partial charge < -0.3 is 14.9 Å². The van der Waals surface area contributed by atoms with Crippen LogP contribution in [0.4, 0.5) is 5.69 Å². The lowest BCUT2D eigenvalue weighted by Gasteiger charge is -2.09. The van der Waals surface area contributed by atoms with Gasteiger partial charge in [0.2, 0.25) is 0 Å². The van der Waals surface area contributed by atoms with Gasteiger partial charge in [-0.15, -0.1) is 0 Å². The van der Waals surface area contributed by atoms with E-state index in [1.165, 1.54) is 0 Å². The molecule has 0 atom stereocenters. The van der Waals surface area contributed by atoms with Gasteiger partial charge >= 0.3 is 0 Å². The fourth-order valence-corrected chi connectivity index (χ4v) is 1.67. The highest BCUT2D eigenvalue weighted by atomic mass is 16.5. The van der Waals surface area contributed by atoms with Gasteiger partial charge in [0, 0.05) is 11.8 Å². The summed E-state index contributed by atoms with van der Waals surface area (Å²) >= 11 is 0. The number of rotatable bonds is 4. The van der Waals surface area contributed by atoms with Crippen molar-refractivity contribution < 1.29 is 9.47 Å². The number of hydrogen-bond donors (Lipinski definition) is 2. The van der Waals surface area contributed by atoms with Gasteiger partial charge in [0.15, 0.2) is 11.5 Å². The number of aromatic nitrogens is 1. The predicted octanol–water partition coefficient (Wildman–Crippen LogP) is 2.05. The quantitative estimate of drug-likeness (QED) is 0.637. The van der Waals surface area contributed by atoms with E-state index in [1.807, 2.05) is 24.3 Å². The number of anilines is 1. The van der Waals surface area contributed by atoms with Crippen LogP contribution in [0.5, 0.6) is 11.5 Å². The zero-order chi connectivity index (χ0) is 13.0. The topological polar surface area (TPSA) is 69.4 Å². The molecule has 1 heterocycles. The zero-order valence-electron chi connectivity index (χ0n) is 10.3. The Labute approximate surface area is 106 Å². The van der Waals surface area contributed by atoms with E-state index in [0.717, 1.165) is 16.9 Å². The fourth-order valence-electron chi connectivity index (χ4n) is 1.67. The molecule has 94 valence electrons. The number of nitrogen functional groups attached to an aromatic ring is 1. The highest BCUT2D eigenvalue weighted by Crippen LogP contribution is 2.31. The molecule has 0 aliphatic heterocycles. The molecule has 0 fully saturated rings. The zero-order valence-corrected chi connectivity index (χ0v) is 10.3. The maximum atomic E-state index is 5.38. The van der Waals surface area contributed by atoms with Crippen LogP contribution in [-0.2, 0) is 0 Å². The maximum absolute atomic E-state index is 5.38. The Morgan fingerprint density at radius 2 is 1.83 bits per heavy atom. The van der Waals surface area contributed by atoms with Crippen LogP contribution < -0.4 is 20.7 Å². The van der Waals surface area contributed by atoms with Crippen molar-refractivity contribution in [3.63, 3.8) is 0 Å². The van der Waals surface area contributed by atoms with E-state index >= 15 is 0 Å². The number of hydrogen-bond acceptors (Lipinski definition) is 5. The van der Waals surface area contributed by atoms with Gasteiger partial charge in [-0.1, -0.05) is 0 Å². The van der Waals surface area contributed by atoms with Gasteiger partial charge in [0.25, 0.3) is 0 Å². The SMILES string of the molecule is COc1ccc(-c2cc(NN)ccn2)cc1OC. The molecule has 2 rings (SSSR count). The third-order valence-corrected chi connectivity index (χ3v) is 2.61. The van der Waals surface area contributed by atoms with Crippen LogP contribution in [0.25, 0.3) is 11.3 Å². The Bertz CT molecular complexity index is 544. The van der Waals surface area contributed by atoms with Gasteiger partial charge in [0.1, 0.15) is 0 Å². The summed E-state index contributed by atoms with van der Waals surface area (Å²) in [6.07, 6.45) is 1.70. The second-order valence-corrected chi connectivity index (χ2v) is 3.64. The summed E-state index contributed by atoms with van der Waals surface area (Å²) in [4.78, 5) is 4.30. The smallest absolute Gasteiger partial charge is 0.161 e. The number of nitrogens with zero attached hydrogens (tertiary/aromatic N) is 1.